The van der Waals surface area contributed by atoms with Crippen molar-refractivity contribution in [1.82, 2.24) is 4.31 Å². The van der Waals surface area contributed by atoms with Gasteiger partial charge in [-0.05, 0) is 29.7 Å². The van der Waals surface area contributed by atoms with Crippen molar-refractivity contribution in [1.29, 1.82) is 0 Å². The Morgan fingerprint density at radius 2 is 1.63 bits per heavy atom. The molecule has 0 N–H and O–H groups in total. The largest absolute Gasteiger partial charge is 0.244 e. The van der Waals surface area contributed by atoms with Crippen LogP contribution >= 0.6 is 0 Å². The summed E-state index contributed by atoms with van der Waals surface area (Å²) >= 11 is 0. The van der Waals surface area contributed by atoms with E-state index in [1.54, 1.807) is 28.6 Å². The number of hydrogen-bond donors (Lipinski definition) is 0. The average Bonchev–Trinajstić information content (AvgIpc) is 3.05. The van der Waals surface area contributed by atoms with Crippen molar-refractivity contribution in [3.05, 3.63) is 65.7 Å². The molecule has 1 heterocycles. The third-order valence-corrected chi connectivity index (χ3v) is 5.92. The van der Waals surface area contributed by atoms with E-state index in [0.717, 1.165) is 6.42 Å². The average molecular weight is 271 g/mol. The van der Waals surface area contributed by atoms with Crippen molar-refractivity contribution >= 4 is 10.0 Å². The van der Waals surface area contributed by atoms with E-state index < -0.39 is 10.0 Å². The molecule has 4 rings (SSSR count). The topological polar surface area (TPSA) is 37.1 Å². The first-order chi connectivity index (χ1) is 9.19. The van der Waals surface area contributed by atoms with Crippen LogP contribution in [0.15, 0.2) is 59.5 Å². The zero-order chi connectivity index (χ0) is 13.0. The first-order valence-corrected chi connectivity index (χ1v) is 7.80. The lowest BCUT2D eigenvalue weighted by atomic mass is 10.1. The molecule has 3 atom stereocenters. The molecule has 0 aromatic heterocycles. The Morgan fingerprint density at radius 3 is 2.42 bits per heavy atom. The Morgan fingerprint density at radius 1 is 0.947 bits per heavy atom. The second-order valence-electron chi connectivity index (χ2n) is 5.06. The summed E-state index contributed by atoms with van der Waals surface area (Å²) in [5.74, 6) is 0. The minimum Gasteiger partial charge on any atom is -0.207 e. The minimum absolute atomic E-state index is 0.0569. The van der Waals surface area contributed by atoms with Crippen molar-refractivity contribution in [3.63, 3.8) is 0 Å². The number of benzene rings is 2. The van der Waals surface area contributed by atoms with Crippen molar-refractivity contribution < 1.29 is 8.42 Å². The molecule has 4 heteroatoms. The molecule has 2 aromatic carbocycles. The molecule has 3 nitrogen and oxygen atoms in total. The van der Waals surface area contributed by atoms with Crippen LogP contribution in [-0.2, 0) is 16.4 Å². The van der Waals surface area contributed by atoms with E-state index in [-0.39, 0.29) is 12.1 Å². The first kappa shape index (κ1) is 11.2. The van der Waals surface area contributed by atoms with Crippen LogP contribution < -0.4 is 0 Å². The third-order valence-electron chi connectivity index (χ3n) is 4.00. The van der Waals surface area contributed by atoms with Crippen molar-refractivity contribution in [2.75, 3.05) is 0 Å². The van der Waals surface area contributed by atoms with Gasteiger partial charge in [0, 0.05) is 0 Å². The SMILES string of the molecule is O=S(=O)(c1ccccc1)N1[C@@H]2Cc3ccccc3[C@@H]21. The highest BCUT2D eigenvalue weighted by atomic mass is 32.2. The van der Waals surface area contributed by atoms with Gasteiger partial charge in [0.25, 0.3) is 0 Å². The molecule has 0 spiro atoms. The van der Waals surface area contributed by atoms with Gasteiger partial charge in [-0.3, -0.25) is 0 Å². The van der Waals surface area contributed by atoms with E-state index in [1.165, 1.54) is 11.1 Å². The van der Waals surface area contributed by atoms with E-state index in [4.69, 9.17) is 0 Å². The molecule has 1 aliphatic carbocycles. The molecule has 0 amide bonds. The van der Waals surface area contributed by atoms with Gasteiger partial charge < -0.3 is 0 Å². The molecule has 96 valence electrons. The van der Waals surface area contributed by atoms with E-state index in [9.17, 15) is 8.42 Å². The second-order valence-corrected chi connectivity index (χ2v) is 6.91. The van der Waals surface area contributed by atoms with Gasteiger partial charge in [0.15, 0.2) is 0 Å². The summed E-state index contributed by atoms with van der Waals surface area (Å²) in [4.78, 5) is 0.391. The van der Waals surface area contributed by atoms with Crippen molar-refractivity contribution in [2.24, 2.45) is 0 Å². The molecule has 0 radical (unpaired) electrons. The van der Waals surface area contributed by atoms with Crippen LogP contribution in [0.4, 0.5) is 0 Å². The van der Waals surface area contributed by atoms with Crippen LogP contribution in [0, 0.1) is 0 Å². The Bertz CT molecular complexity index is 740. The van der Waals surface area contributed by atoms with Gasteiger partial charge in [-0.1, -0.05) is 42.5 Å². The van der Waals surface area contributed by atoms with E-state index in [2.05, 4.69) is 6.07 Å². The predicted octanol–water partition coefficient (Wildman–Crippen LogP) is 2.36. The first-order valence-electron chi connectivity index (χ1n) is 6.36. The minimum atomic E-state index is -3.33. The predicted molar refractivity (Wildman–Crippen MR) is 72.1 cm³/mol. The van der Waals surface area contributed by atoms with Crippen LogP contribution in [0.25, 0.3) is 0 Å². The third kappa shape index (κ3) is 1.50. The summed E-state index contributed by atoms with van der Waals surface area (Å²) in [6, 6.07) is 17.0. The van der Waals surface area contributed by atoms with Gasteiger partial charge in [-0.15, -0.1) is 0 Å². The molecular weight excluding hydrogens is 258 g/mol. The molecular formula is C15H13NO2S. The van der Waals surface area contributed by atoms with E-state index in [1.807, 2.05) is 24.3 Å². The molecule has 1 fully saturated rings. The number of rotatable bonds is 2. The monoisotopic (exact) mass is 271 g/mol. The van der Waals surface area contributed by atoms with E-state index >= 15 is 0 Å². The molecule has 0 saturated carbocycles. The lowest BCUT2D eigenvalue weighted by Gasteiger charge is -2.11. The highest BCUT2D eigenvalue weighted by Crippen LogP contribution is 2.54. The van der Waals surface area contributed by atoms with Gasteiger partial charge in [-0.2, -0.15) is 4.31 Å². The Hall–Kier alpha value is -1.65. The Labute approximate surface area is 112 Å². The molecule has 1 unspecified atom stereocenters. The highest BCUT2D eigenvalue weighted by molar-refractivity contribution is 7.89. The zero-order valence-electron chi connectivity index (χ0n) is 10.2. The Kier molecular flexibility index (Phi) is 2.17. The van der Waals surface area contributed by atoms with Crippen LogP contribution in [0.2, 0.25) is 0 Å². The van der Waals surface area contributed by atoms with Gasteiger partial charge in [0.2, 0.25) is 10.0 Å². The van der Waals surface area contributed by atoms with Crippen molar-refractivity contribution in [2.45, 2.75) is 23.4 Å². The fraction of sp³-hybridized carbons (Fsp3) is 0.200. The van der Waals surface area contributed by atoms with Crippen molar-refractivity contribution in [3.8, 4) is 0 Å². The summed E-state index contributed by atoms with van der Waals surface area (Å²) in [5, 5.41) is 0. The number of fused-ring (bicyclic) bond motifs is 3. The number of hydrogen-bond acceptors (Lipinski definition) is 2. The maximum Gasteiger partial charge on any atom is 0.244 e. The molecule has 2 aliphatic rings. The lowest BCUT2D eigenvalue weighted by Crippen LogP contribution is -2.17. The summed E-state index contributed by atoms with van der Waals surface area (Å²) in [5.41, 5.74) is 2.46. The highest BCUT2D eigenvalue weighted by Gasteiger charge is 2.59. The van der Waals surface area contributed by atoms with Gasteiger partial charge >= 0.3 is 0 Å². The smallest absolute Gasteiger partial charge is 0.207 e. The normalized spacial score (nSPS) is 27.7. The zero-order valence-corrected chi connectivity index (χ0v) is 11.0. The van der Waals surface area contributed by atoms with Gasteiger partial charge in [-0.25, -0.2) is 8.42 Å². The Balaban J connectivity index is 1.72. The summed E-state index contributed by atoms with van der Waals surface area (Å²) in [6.07, 6.45) is 0.840. The fourth-order valence-corrected chi connectivity index (χ4v) is 4.87. The van der Waals surface area contributed by atoms with Crippen LogP contribution in [0.5, 0.6) is 0 Å². The summed E-state index contributed by atoms with van der Waals surface area (Å²) < 4.78 is 26.7. The fourth-order valence-electron chi connectivity index (χ4n) is 3.08. The standard InChI is InChI=1S/C15H13NO2S/c17-19(18,12-7-2-1-3-8-12)16-14-10-11-6-4-5-9-13(11)15(14)16/h1-9,14-15H,10H2/t14-,15+,16?/m1/s1. The molecule has 1 saturated heterocycles. The maximum atomic E-state index is 12.5. The molecule has 1 aliphatic heterocycles. The van der Waals surface area contributed by atoms with Gasteiger partial charge in [0.1, 0.15) is 0 Å². The molecule has 0 bridgehead atoms. The maximum absolute atomic E-state index is 12.5. The van der Waals surface area contributed by atoms with Crippen LogP contribution in [-0.4, -0.2) is 18.8 Å². The molecule has 2 aromatic rings. The summed E-state index contributed by atoms with van der Waals surface area (Å²) in [6.45, 7) is 0. The number of nitrogens with zero attached hydrogens (tertiary/aromatic N) is 1. The second kappa shape index (κ2) is 3.68. The summed E-state index contributed by atoms with van der Waals surface area (Å²) in [7, 11) is -3.33. The van der Waals surface area contributed by atoms with Crippen LogP contribution in [0.1, 0.15) is 17.2 Å². The lowest BCUT2D eigenvalue weighted by molar-refractivity contribution is 0.541. The quantitative estimate of drug-likeness (QED) is 0.786. The van der Waals surface area contributed by atoms with Gasteiger partial charge in [0.05, 0.1) is 17.0 Å². The molecule has 19 heavy (non-hydrogen) atoms. The van der Waals surface area contributed by atoms with Crippen LogP contribution in [0.3, 0.4) is 0 Å². The van der Waals surface area contributed by atoms with E-state index in [0.29, 0.717) is 4.90 Å². The number of sulfonamides is 1.